The monoisotopic (exact) mass is 313 g/mol. The molecule has 2 aliphatic rings. The van der Waals surface area contributed by atoms with E-state index in [1.807, 2.05) is 30.3 Å². The molecule has 7 nitrogen and oxygen atoms in total. The van der Waals surface area contributed by atoms with Gasteiger partial charge in [-0.25, -0.2) is 4.98 Å². The molecule has 1 atom stereocenters. The Bertz CT molecular complexity index is 765. The third-order valence-electron chi connectivity index (χ3n) is 4.68. The lowest BCUT2D eigenvalue weighted by molar-refractivity contribution is -0.132. The Hall–Kier alpha value is -2.41. The van der Waals surface area contributed by atoms with Gasteiger partial charge in [0.1, 0.15) is 11.5 Å². The SMILES string of the molecule is CN1CC(N2CC(C(=O)Nc3ccc4cc[nH]c4n3)CC2=O)C1. The maximum absolute atomic E-state index is 12.4. The van der Waals surface area contributed by atoms with E-state index in [-0.39, 0.29) is 30.2 Å². The molecule has 0 aromatic carbocycles. The molecule has 0 aliphatic carbocycles. The lowest BCUT2D eigenvalue weighted by Gasteiger charge is -2.42. The Balaban J connectivity index is 1.42. The van der Waals surface area contributed by atoms with E-state index in [0.717, 1.165) is 24.1 Å². The first-order valence-electron chi connectivity index (χ1n) is 7.83. The van der Waals surface area contributed by atoms with Crippen molar-refractivity contribution in [1.82, 2.24) is 19.8 Å². The number of amides is 2. The van der Waals surface area contributed by atoms with Crippen LogP contribution in [0.1, 0.15) is 6.42 Å². The quantitative estimate of drug-likeness (QED) is 0.872. The minimum Gasteiger partial charge on any atom is -0.346 e. The van der Waals surface area contributed by atoms with Crippen molar-refractivity contribution in [2.24, 2.45) is 5.92 Å². The zero-order valence-corrected chi connectivity index (χ0v) is 13.0. The number of aromatic nitrogens is 2. The number of pyridine rings is 1. The number of carbonyl (C=O) groups is 2. The van der Waals surface area contributed by atoms with Gasteiger partial charge < -0.3 is 20.1 Å². The number of aromatic amines is 1. The number of likely N-dealkylation sites (tertiary alicyclic amines) is 2. The maximum atomic E-state index is 12.4. The van der Waals surface area contributed by atoms with Crippen molar-refractivity contribution >= 4 is 28.7 Å². The highest BCUT2D eigenvalue weighted by atomic mass is 16.2. The van der Waals surface area contributed by atoms with Crippen LogP contribution in [0.4, 0.5) is 5.82 Å². The molecule has 23 heavy (non-hydrogen) atoms. The molecule has 4 rings (SSSR count). The number of likely N-dealkylation sites (N-methyl/N-ethyl adjacent to an activating group) is 1. The zero-order chi connectivity index (χ0) is 16.0. The fourth-order valence-electron chi connectivity index (χ4n) is 3.35. The minimum atomic E-state index is -0.297. The predicted octanol–water partition coefficient (Wildman–Crippen LogP) is 0.664. The second-order valence-electron chi connectivity index (χ2n) is 6.42. The highest BCUT2D eigenvalue weighted by molar-refractivity contribution is 5.97. The number of nitrogens with zero attached hydrogens (tertiary/aromatic N) is 3. The van der Waals surface area contributed by atoms with Crippen molar-refractivity contribution in [3.63, 3.8) is 0 Å². The fourth-order valence-corrected chi connectivity index (χ4v) is 3.35. The molecule has 2 aliphatic heterocycles. The van der Waals surface area contributed by atoms with Gasteiger partial charge in [0.05, 0.1) is 12.0 Å². The standard InChI is InChI=1S/C16H19N5O2/c1-20-8-12(9-20)21-7-11(6-14(21)22)16(23)19-13-3-2-10-4-5-17-15(10)18-13/h2-5,11-12H,6-9H2,1H3,(H2,17,18,19,23). The van der Waals surface area contributed by atoms with Crippen LogP contribution in [0.2, 0.25) is 0 Å². The molecular formula is C16H19N5O2. The number of hydrogen-bond acceptors (Lipinski definition) is 4. The Kier molecular flexibility index (Phi) is 3.30. The van der Waals surface area contributed by atoms with Crippen LogP contribution in [0.25, 0.3) is 11.0 Å². The number of carbonyl (C=O) groups excluding carboxylic acids is 2. The van der Waals surface area contributed by atoms with E-state index < -0.39 is 0 Å². The van der Waals surface area contributed by atoms with Gasteiger partial charge in [-0.3, -0.25) is 9.59 Å². The van der Waals surface area contributed by atoms with Gasteiger partial charge >= 0.3 is 0 Å². The lowest BCUT2D eigenvalue weighted by Crippen LogP contribution is -2.58. The lowest BCUT2D eigenvalue weighted by atomic mass is 10.1. The molecule has 7 heteroatoms. The van der Waals surface area contributed by atoms with Gasteiger partial charge in [0, 0.05) is 37.6 Å². The van der Waals surface area contributed by atoms with Crippen LogP contribution in [-0.2, 0) is 9.59 Å². The van der Waals surface area contributed by atoms with E-state index in [4.69, 9.17) is 0 Å². The summed E-state index contributed by atoms with van der Waals surface area (Å²) in [6.07, 6.45) is 2.10. The van der Waals surface area contributed by atoms with Crippen molar-refractivity contribution in [2.45, 2.75) is 12.5 Å². The molecule has 4 heterocycles. The molecule has 120 valence electrons. The summed E-state index contributed by atoms with van der Waals surface area (Å²) >= 11 is 0. The summed E-state index contributed by atoms with van der Waals surface area (Å²) in [5, 5.41) is 3.83. The molecule has 2 aromatic heterocycles. The van der Waals surface area contributed by atoms with Crippen molar-refractivity contribution in [3.8, 4) is 0 Å². The Morgan fingerprint density at radius 1 is 1.30 bits per heavy atom. The van der Waals surface area contributed by atoms with Crippen molar-refractivity contribution in [2.75, 3.05) is 32.0 Å². The number of fused-ring (bicyclic) bond motifs is 1. The molecule has 0 saturated carbocycles. The van der Waals surface area contributed by atoms with Crippen LogP contribution in [0, 0.1) is 5.92 Å². The zero-order valence-electron chi connectivity index (χ0n) is 13.0. The fraction of sp³-hybridized carbons (Fsp3) is 0.438. The minimum absolute atomic E-state index is 0.0797. The molecule has 2 fully saturated rings. The second kappa shape index (κ2) is 5.34. The summed E-state index contributed by atoms with van der Waals surface area (Å²) in [5.74, 6) is 0.164. The Labute approximate surface area is 133 Å². The normalized spacial score (nSPS) is 22.6. The molecule has 0 bridgehead atoms. The van der Waals surface area contributed by atoms with Gasteiger partial charge in [0.15, 0.2) is 0 Å². The van der Waals surface area contributed by atoms with E-state index >= 15 is 0 Å². The molecule has 2 N–H and O–H groups in total. The Morgan fingerprint density at radius 3 is 2.91 bits per heavy atom. The smallest absolute Gasteiger partial charge is 0.230 e. The van der Waals surface area contributed by atoms with Crippen LogP contribution >= 0.6 is 0 Å². The topological polar surface area (TPSA) is 81.3 Å². The number of nitrogens with one attached hydrogen (secondary N) is 2. The van der Waals surface area contributed by atoms with Crippen LogP contribution < -0.4 is 5.32 Å². The van der Waals surface area contributed by atoms with E-state index in [9.17, 15) is 9.59 Å². The summed E-state index contributed by atoms with van der Waals surface area (Å²) in [4.78, 5) is 36.0. The van der Waals surface area contributed by atoms with Crippen LogP contribution in [0.15, 0.2) is 24.4 Å². The molecule has 2 saturated heterocycles. The van der Waals surface area contributed by atoms with Gasteiger partial charge in [-0.15, -0.1) is 0 Å². The van der Waals surface area contributed by atoms with Crippen molar-refractivity contribution in [3.05, 3.63) is 24.4 Å². The third kappa shape index (κ3) is 2.57. The summed E-state index contributed by atoms with van der Waals surface area (Å²) in [7, 11) is 2.03. The molecule has 0 spiro atoms. The van der Waals surface area contributed by atoms with Crippen LogP contribution in [-0.4, -0.2) is 64.3 Å². The maximum Gasteiger partial charge on any atom is 0.230 e. The first-order chi connectivity index (χ1) is 11.1. The number of hydrogen-bond donors (Lipinski definition) is 2. The van der Waals surface area contributed by atoms with Gasteiger partial charge in [-0.05, 0) is 25.2 Å². The summed E-state index contributed by atoms with van der Waals surface area (Å²) in [6, 6.07) is 5.88. The van der Waals surface area contributed by atoms with E-state index in [1.54, 1.807) is 6.07 Å². The molecule has 1 unspecified atom stereocenters. The van der Waals surface area contributed by atoms with E-state index in [2.05, 4.69) is 20.2 Å². The second-order valence-corrected chi connectivity index (χ2v) is 6.42. The third-order valence-corrected chi connectivity index (χ3v) is 4.68. The van der Waals surface area contributed by atoms with Gasteiger partial charge in [-0.1, -0.05) is 0 Å². The van der Waals surface area contributed by atoms with E-state index in [0.29, 0.717) is 12.4 Å². The van der Waals surface area contributed by atoms with Crippen molar-refractivity contribution < 1.29 is 9.59 Å². The molecular weight excluding hydrogens is 294 g/mol. The number of rotatable bonds is 3. The first-order valence-corrected chi connectivity index (χ1v) is 7.83. The predicted molar refractivity (Wildman–Crippen MR) is 85.8 cm³/mol. The summed E-state index contributed by atoms with van der Waals surface area (Å²) in [5.41, 5.74) is 0.740. The molecule has 0 radical (unpaired) electrons. The van der Waals surface area contributed by atoms with Gasteiger partial charge in [0.2, 0.25) is 11.8 Å². The highest BCUT2D eigenvalue weighted by Gasteiger charge is 2.41. The largest absolute Gasteiger partial charge is 0.346 e. The van der Waals surface area contributed by atoms with E-state index in [1.165, 1.54) is 0 Å². The highest BCUT2D eigenvalue weighted by Crippen LogP contribution is 2.25. The average Bonchev–Trinajstić information content (AvgIpc) is 3.10. The van der Waals surface area contributed by atoms with Crippen LogP contribution in [0.5, 0.6) is 0 Å². The summed E-state index contributed by atoms with van der Waals surface area (Å²) < 4.78 is 0. The van der Waals surface area contributed by atoms with Crippen molar-refractivity contribution in [1.29, 1.82) is 0 Å². The molecule has 2 aromatic rings. The van der Waals surface area contributed by atoms with Gasteiger partial charge in [0.25, 0.3) is 0 Å². The average molecular weight is 313 g/mol. The number of H-pyrrole nitrogens is 1. The summed E-state index contributed by atoms with van der Waals surface area (Å²) in [6.45, 7) is 2.30. The van der Waals surface area contributed by atoms with Crippen LogP contribution in [0.3, 0.4) is 0 Å². The molecule has 2 amide bonds. The van der Waals surface area contributed by atoms with Gasteiger partial charge in [-0.2, -0.15) is 0 Å². The number of anilines is 1. The Morgan fingerprint density at radius 2 is 2.13 bits per heavy atom. The first kappa shape index (κ1) is 14.2.